The van der Waals surface area contributed by atoms with Crippen LogP contribution in [-0.4, -0.2) is 48.9 Å². The smallest absolute Gasteiger partial charge is 0.227 e. The van der Waals surface area contributed by atoms with Crippen molar-refractivity contribution < 1.29 is 4.74 Å². The van der Waals surface area contributed by atoms with Gasteiger partial charge in [0.25, 0.3) is 0 Å². The molecular weight excluding hydrogens is 390 g/mol. The van der Waals surface area contributed by atoms with Crippen LogP contribution in [0.15, 0.2) is 12.4 Å². The fourth-order valence-electron chi connectivity index (χ4n) is 4.59. The molecule has 2 atom stereocenters. The second-order valence-corrected chi connectivity index (χ2v) is 9.43. The van der Waals surface area contributed by atoms with Gasteiger partial charge in [-0.1, -0.05) is 6.42 Å². The molecule has 0 N–H and O–H groups in total. The van der Waals surface area contributed by atoms with Gasteiger partial charge in [0.15, 0.2) is 5.65 Å². The van der Waals surface area contributed by atoms with Gasteiger partial charge in [-0.3, -0.25) is 4.68 Å². The van der Waals surface area contributed by atoms with Gasteiger partial charge in [-0.05, 0) is 46.5 Å². The molecule has 4 heterocycles. The Bertz CT molecular complexity index is 1130. The van der Waals surface area contributed by atoms with Crippen molar-refractivity contribution >= 4 is 17.1 Å². The highest BCUT2D eigenvalue weighted by atomic mass is 16.5. The van der Waals surface area contributed by atoms with Crippen molar-refractivity contribution in [1.82, 2.24) is 29.7 Å². The predicted molar refractivity (Wildman–Crippen MR) is 117 cm³/mol. The molecule has 0 amide bonds. The highest BCUT2D eigenvalue weighted by molar-refractivity contribution is 5.75. The fourth-order valence-corrected chi connectivity index (χ4v) is 4.59. The lowest BCUT2D eigenvalue weighted by atomic mass is 9.82. The number of hydrogen-bond acceptors (Lipinski definition) is 7. The summed E-state index contributed by atoms with van der Waals surface area (Å²) < 4.78 is 8.38. The third-order valence-corrected chi connectivity index (χ3v) is 6.91. The molecule has 8 nitrogen and oxygen atoms in total. The van der Waals surface area contributed by atoms with E-state index in [1.165, 1.54) is 32.1 Å². The number of aryl methyl sites for hydroxylation is 2. The van der Waals surface area contributed by atoms with Crippen molar-refractivity contribution in [3.05, 3.63) is 35.0 Å². The van der Waals surface area contributed by atoms with E-state index in [2.05, 4.69) is 27.8 Å². The topological polar surface area (TPSA) is 81.9 Å². The molecule has 3 aromatic rings. The van der Waals surface area contributed by atoms with Gasteiger partial charge in [-0.25, -0.2) is 15.0 Å². The molecular formula is C23H29N7O. The first-order valence-electron chi connectivity index (χ1n) is 11.5. The lowest BCUT2D eigenvalue weighted by Crippen LogP contribution is -2.43. The molecule has 2 aliphatic carbocycles. The minimum absolute atomic E-state index is 0.0338. The Morgan fingerprint density at radius 2 is 1.77 bits per heavy atom. The predicted octanol–water partition coefficient (Wildman–Crippen LogP) is 3.80. The summed E-state index contributed by atoms with van der Waals surface area (Å²) in [5.41, 5.74) is 5.68. The van der Waals surface area contributed by atoms with E-state index in [1.54, 1.807) is 0 Å². The van der Waals surface area contributed by atoms with Gasteiger partial charge in [0, 0.05) is 24.2 Å². The number of anilines is 1. The van der Waals surface area contributed by atoms with E-state index in [9.17, 15) is 0 Å². The Kier molecular flexibility index (Phi) is 4.45. The monoisotopic (exact) mass is 419 g/mol. The van der Waals surface area contributed by atoms with Crippen LogP contribution in [0.5, 0.6) is 0 Å². The van der Waals surface area contributed by atoms with E-state index in [1.807, 2.05) is 20.0 Å². The molecule has 31 heavy (non-hydrogen) atoms. The lowest BCUT2D eigenvalue weighted by Gasteiger charge is -2.37. The number of morpholine rings is 1. The van der Waals surface area contributed by atoms with Gasteiger partial charge in [0.2, 0.25) is 5.95 Å². The van der Waals surface area contributed by atoms with E-state index in [0.717, 1.165) is 40.7 Å². The van der Waals surface area contributed by atoms with Crippen molar-refractivity contribution in [3.8, 4) is 0 Å². The molecule has 3 aliphatic rings. The van der Waals surface area contributed by atoms with Crippen molar-refractivity contribution in [2.75, 3.05) is 18.0 Å². The Hall–Kier alpha value is -2.61. The van der Waals surface area contributed by atoms with Gasteiger partial charge < -0.3 is 9.64 Å². The van der Waals surface area contributed by atoms with E-state index < -0.39 is 0 Å². The molecule has 3 aromatic heterocycles. The maximum atomic E-state index is 6.29. The van der Waals surface area contributed by atoms with Crippen LogP contribution in [0.25, 0.3) is 11.2 Å². The summed E-state index contributed by atoms with van der Waals surface area (Å²) in [6.45, 7) is 7.61. The Morgan fingerprint density at radius 3 is 2.52 bits per heavy atom. The molecule has 0 radical (unpaired) electrons. The minimum atomic E-state index is -0.0338. The summed E-state index contributed by atoms with van der Waals surface area (Å²) in [7, 11) is 0. The fraction of sp³-hybridized carbons (Fsp3) is 0.609. The maximum Gasteiger partial charge on any atom is 0.227 e. The first-order valence-corrected chi connectivity index (χ1v) is 11.5. The Morgan fingerprint density at radius 1 is 0.968 bits per heavy atom. The van der Waals surface area contributed by atoms with Gasteiger partial charge in [0.05, 0.1) is 42.0 Å². The summed E-state index contributed by atoms with van der Waals surface area (Å²) in [5, 5.41) is 4.56. The van der Waals surface area contributed by atoms with Crippen LogP contribution in [0.1, 0.15) is 79.7 Å². The van der Waals surface area contributed by atoms with E-state index in [-0.39, 0.29) is 12.2 Å². The van der Waals surface area contributed by atoms with Crippen LogP contribution < -0.4 is 4.90 Å². The number of ether oxygens (including phenoxy) is 1. The molecule has 1 aliphatic heterocycles. The number of nitrogens with zero attached hydrogens (tertiary/aromatic N) is 7. The number of hydrogen-bond donors (Lipinski definition) is 0. The second kappa shape index (κ2) is 7.22. The normalized spacial score (nSPS) is 24.5. The standard InChI is InChI=1S/C23H29N7O/c1-13-10-29(12-19(31-13)17-9-24-30(11-17)18-7-8-18)23-27-20(16-5-4-6-16)21-22(28-23)26-15(3)14(2)25-21/h9,11,13,16,18-19H,4-8,10,12H2,1-3H3/t13-,19-/m1/s1. The first-order chi connectivity index (χ1) is 15.0. The van der Waals surface area contributed by atoms with Gasteiger partial charge >= 0.3 is 0 Å². The highest BCUT2D eigenvalue weighted by Gasteiger charge is 2.32. The molecule has 0 spiro atoms. The average Bonchev–Trinajstić information content (AvgIpc) is 3.44. The molecule has 0 unspecified atom stereocenters. The molecule has 3 fully saturated rings. The molecule has 1 saturated heterocycles. The van der Waals surface area contributed by atoms with Crippen LogP contribution in [-0.2, 0) is 4.74 Å². The van der Waals surface area contributed by atoms with Crippen molar-refractivity contribution in [1.29, 1.82) is 0 Å². The maximum absolute atomic E-state index is 6.29. The molecule has 2 saturated carbocycles. The summed E-state index contributed by atoms with van der Waals surface area (Å²) in [5.74, 6) is 1.22. The lowest BCUT2D eigenvalue weighted by molar-refractivity contribution is -0.0179. The van der Waals surface area contributed by atoms with E-state index in [0.29, 0.717) is 24.2 Å². The SMILES string of the molecule is Cc1nc2nc(N3C[C@@H](C)O[C@@H](c4cnn(C5CC5)c4)C3)nc(C3CCC3)c2nc1C. The zero-order valence-electron chi connectivity index (χ0n) is 18.5. The third-order valence-electron chi connectivity index (χ3n) is 6.91. The second-order valence-electron chi connectivity index (χ2n) is 9.43. The largest absolute Gasteiger partial charge is 0.367 e. The summed E-state index contributed by atoms with van der Waals surface area (Å²) in [6, 6.07) is 0.574. The molecule has 162 valence electrons. The minimum Gasteiger partial charge on any atom is -0.367 e. The number of aromatic nitrogens is 6. The number of fused-ring (bicyclic) bond motifs is 1. The summed E-state index contributed by atoms with van der Waals surface area (Å²) in [4.78, 5) is 21.8. The zero-order valence-corrected chi connectivity index (χ0v) is 18.5. The quantitative estimate of drug-likeness (QED) is 0.636. The molecule has 8 heteroatoms. The Balaban J connectivity index is 1.36. The van der Waals surface area contributed by atoms with Gasteiger partial charge in [0.1, 0.15) is 11.6 Å². The van der Waals surface area contributed by atoms with Crippen molar-refractivity contribution in [3.63, 3.8) is 0 Å². The van der Waals surface area contributed by atoms with E-state index in [4.69, 9.17) is 24.7 Å². The molecule has 0 bridgehead atoms. The highest BCUT2D eigenvalue weighted by Crippen LogP contribution is 2.39. The van der Waals surface area contributed by atoms with Crippen LogP contribution >= 0.6 is 0 Å². The van der Waals surface area contributed by atoms with E-state index >= 15 is 0 Å². The molecule has 0 aromatic carbocycles. The average molecular weight is 420 g/mol. The first kappa shape index (κ1) is 19.1. The van der Waals surface area contributed by atoms with Crippen molar-refractivity contribution in [2.45, 2.75) is 77.0 Å². The Labute approximate surface area is 182 Å². The van der Waals surface area contributed by atoms with Gasteiger partial charge in [-0.2, -0.15) is 10.1 Å². The van der Waals surface area contributed by atoms with Crippen molar-refractivity contribution in [2.24, 2.45) is 0 Å². The third kappa shape index (κ3) is 3.46. The van der Waals surface area contributed by atoms with Crippen LogP contribution in [0.3, 0.4) is 0 Å². The number of rotatable bonds is 4. The summed E-state index contributed by atoms with van der Waals surface area (Å²) >= 11 is 0. The van der Waals surface area contributed by atoms with Crippen LogP contribution in [0.2, 0.25) is 0 Å². The van der Waals surface area contributed by atoms with Gasteiger partial charge in [-0.15, -0.1) is 0 Å². The zero-order chi connectivity index (χ0) is 21.1. The molecule has 6 rings (SSSR count). The van der Waals surface area contributed by atoms with Crippen LogP contribution in [0.4, 0.5) is 5.95 Å². The summed E-state index contributed by atoms with van der Waals surface area (Å²) in [6.07, 6.45) is 10.2. The van der Waals surface area contributed by atoms with Crippen LogP contribution in [0, 0.1) is 13.8 Å².